The van der Waals surface area contributed by atoms with Crippen LogP contribution in [0.1, 0.15) is 14.5 Å². The van der Waals surface area contributed by atoms with Crippen LogP contribution < -0.4 is 5.32 Å². The third-order valence-electron chi connectivity index (χ3n) is 3.05. The van der Waals surface area contributed by atoms with Crippen LogP contribution in [0.4, 0.5) is 0 Å². The number of rotatable bonds is 3. The maximum atomic E-state index is 12.1. The predicted molar refractivity (Wildman–Crippen MR) is 83.2 cm³/mol. The highest BCUT2D eigenvalue weighted by Crippen LogP contribution is 2.20. The quantitative estimate of drug-likeness (QED) is 0.830. The number of hydrogen-bond donors (Lipinski definition) is 1. The molecule has 1 aromatic heterocycles. The first-order chi connectivity index (χ1) is 9.95. The Hall–Kier alpha value is -1.84. The molecule has 2 rings (SSSR count). The van der Waals surface area contributed by atoms with Gasteiger partial charge in [0.2, 0.25) is 0 Å². The number of hydrogen-bond acceptors (Lipinski definition) is 4. The summed E-state index contributed by atoms with van der Waals surface area (Å²) >= 11 is 1.50. The topological polar surface area (TPSA) is 52.7 Å². The molecule has 2 amide bonds. The van der Waals surface area contributed by atoms with E-state index in [0.717, 1.165) is 9.75 Å². The van der Waals surface area contributed by atoms with E-state index >= 15 is 0 Å². The van der Waals surface area contributed by atoms with Crippen LogP contribution in [0.25, 0.3) is 0 Å². The molecule has 0 aliphatic carbocycles. The Balaban J connectivity index is 1.75. The lowest BCUT2D eigenvalue weighted by molar-refractivity contribution is -0.117. The van der Waals surface area contributed by atoms with Gasteiger partial charge in [-0.05, 0) is 39.1 Å². The molecule has 0 saturated carbocycles. The fraction of sp³-hybridized carbons (Fsp3) is 0.467. The first-order valence-electron chi connectivity index (χ1n) is 6.75. The Morgan fingerprint density at radius 2 is 2.14 bits per heavy atom. The molecule has 21 heavy (non-hydrogen) atoms. The first-order valence-corrected chi connectivity index (χ1v) is 7.57. The summed E-state index contributed by atoms with van der Waals surface area (Å²) in [6.07, 6.45) is 0. The number of carbonyl (C=O) groups excluding carboxylic acids is 2. The molecule has 0 aromatic carbocycles. The smallest absolute Gasteiger partial charge is 0.296 e. The Labute approximate surface area is 128 Å². The van der Waals surface area contributed by atoms with E-state index in [-0.39, 0.29) is 17.9 Å². The van der Waals surface area contributed by atoms with Crippen LogP contribution in [-0.2, 0) is 4.79 Å². The summed E-state index contributed by atoms with van der Waals surface area (Å²) in [6, 6.07) is 3.80. The molecule has 0 unspecified atom stereocenters. The van der Waals surface area contributed by atoms with Crippen molar-refractivity contribution in [3.8, 4) is 11.8 Å². The van der Waals surface area contributed by atoms with Crippen molar-refractivity contribution in [1.82, 2.24) is 15.1 Å². The summed E-state index contributed by atoms with van der Waals surface area (Å²) in [5, 5.41) is 2.81. The van der Waals surface area contributed by atoms with Gasteiger partial charge < -0.3 is 10.2 Å². The van der Waals surface area contributed by atoms with Gasteiger partial charge in [-0.15, -0.1) is 11.3 Å². The van der Waals surface area contributed by atoms with Crippen LogP contribution >= 0.6 is 11.3 Å². The van der Waals surface area contributed by atoms with E-state index in [0.29, 0.717) is 19.6 Å². The van der Waals surface area contributed by atoms with Crippen LogP contribution in [0.2, 0.25) is 0 Å². The molecule has 112 valence electrons. The number of likely N-dealkylation sites (tertiary alicyclic amines) is 1. The molecule has 1 fully saturated rings. The molecule has 1 N–H and O–H groups in total. The van der Waals surface area contributed by atoms with Crippen LogP contribution in [0.5, 0.6) is 0 Å². The predicted octanol–water partition coefficient (Wildman–Crippen LogP) is 0.562. The lowest BCUT2D eigenvalue weighted by Gasteiger charge is -2.38. The van der Waals surface area contributed by atoms with Crippen molar-refractivity contribution < 1.29 is 9.59 Å². The maximum absolute atomic E-state index is 12.1. The monoisotopic (exact) mass is 305 g/mol. The minimum atomic E-state index is -0.277. The standard InChI is InChI=1S/C15H19N3O2S/c1-11-6-7-13(21-11)15(20)18-9-12(10-18)16-14(19)5-4-8-17(2)3/h6-7,12H,8-10H2,1-3H3,(H,16,19). The van der Waals surface area contributed by atoms with Gasteiger partial charge in [-0.25, -0.2) is 0 Å². The third-order valence-corrected chi connectivity index (χ3v) is 4.04. The van der Waals surface area contributed by atoms with E-state index in [1.54, 1.807) is 4.90 Å². The molecule has 5 nitrogen and oxygen atoms in total. The van der Waals surface area contributed by atoms with Crippen LogP contribution in [-0.4, -0.2) is 61.4 Å². The number of nitrogens with zero attached hydrogens (tertiary/aromatic N) is 2. The summed E-state index contributed by atoms with van der Waals surface area (Å²) in [6.45, 7) is 3.64. The Morgan fingerprint density at radius 1 is 1.43 bits per heavy atom. The van der Waals surface area contributed by atoms with E-state index in [4.69, 9.17) is 0 Å². The van der Waals surface area contributed by atoms with E-state index in [1.807, 2.05) is 38.1 Å². The molecule has 1 aromatic rings. The lowest BCUT2D eigenvalue weighted by atomic mass is 10.1. The molecule has 6 heteroatoms. The largest absolute Gasteiger partial charge is 0.339 e. The summed E-state index contributed by atoms with van der Waals surface area (Å²) < 4.78 is 0. The van der Waals surface area contributed by atoms with Gasteiger partial charge in [-0.3, -0.25) is 14.5 Å². The van der Waals surface area contributed by atoms with Crippen molar-refractivity contribution >= 4 is 23.2 Å². The molecular weight excluding hydrogens is 286 g/mol. The van der Waals surface area contributed by atoms with Crippen LogP contribution in [0, 0.1) is 18.8 Å². The molecule has 0 atom stereocenters. The zero-order valence-corrected chi connectivity index (χ0v) is 13.3. The van der Waals surface area contributed by atoms with E-state index < -0.39 is 0 Å². The molecule has 0 radical (unpaired) electrons. The average molecular weight is 305 g/mol. The first kappa shape index (κ1) is 15.5. The fourth-order valence-corrected chi connectivity index (χ4v) is 2.78. The molecule has 0 spiro atoms. The van der Waals surface area contributed by atoms with Crippen LogP contribution in [0.3, 0.4) is 0 Å². The molecule has 1 aliphatic rings. The highest BCUT2D eigenvalue weighted by molar-refractivity contribution is 7.13. The molecule has 2 heterocycles. The SMILES string of the molecule is Cc1ccc(C(=O)N2CC(NC(=O)C#CCN(C)C)C2)s1. The van der Waals surface area contributed by atoms with Crippen LogP contribution in [0.15, 0.2) is 12.1 Å². The Morgan fingerprint density at radius 3 is 2.71 bits per heavy atom. The van der Waals surface area contributed by atoms with Crippen molar-refractivity contribution in [2.75, 3.05) is 33.7 Å². The summed E-state index contributed by atoms with van der Waals surface area (Å²) in [5.41, 5.74) is 0. The number of thiophene rings is 1. The van der Waals surface area contributed by atoms with Gasteiger partial charge in [-0.1, -0.05) is 5.92 Å². The van der Waals surface area contributed by atoms with Crippen molar-refractivity contribution in [3.05, 3.63) is 21.9 Å². The number of amides is 2. The highest BCUT2D eigenvalue weighted by Gasteiger charge is 2.32. The van der Waals surface area contributed by atoms with Gasteiger partial charge in [-0.2, -0.15) is 0 Å². The van der Waals surface area contributed by atoms with Gasteiger partial charge in [0.1, 0.15) is 0 Å². The minimum Gasteiger partial charge on any atom is -0.339 e. The molecular formula is C15H19N3O2S. The Bertz CT molecular complexity index is 592. The van der Waals surface area contributed by atoms with Gasteiger partial charge in [0.25, 0.3) is 11.8 Å². The number of carbonyl (C=O) groups is 2. The second kappa shape index (κ2) is 6.74. The van der Waals surface area contributed by atoms with Crippen molar-refractivity contribution in [2.45, 2.75) is 13.0 Å². The maximum Gasteiger partial charge on any atom is 0.296 e. The van der Waals surface area contributed by atoms with E-state index in [9.17, 15) is 9.59 Å². The van der Waals surface area contributed by atoms with Gasteiger partial charge >= 0.3 is 0 Å². The summed E-state index contributed by atoms with van der Waals surface area (Å²) in [4.78, 5) is 29.2. The number of nitrogens with one attached hydrogen (secondary N) is 1. The minimum absolute atomic E-state index is 0.0103. The fourth-order valence-electron chi connectivity index (χ4n) is 1.94. The van der Waals surface area contributed by atoms with E-state index in [1.165, 1.54) is 11.3 Å². The van der Waals surface area contributed by atoms with Crippen molar-refractivity contribution in [1.29, 1.82) is 0 Å². The second-order valence-corrected chi connectivity index (χ2v) is 6.62. The van der Waals surface area contributed by atoms with Gasteiger partial charge in [0.15, 0.2) is 0 Å². The molecule has 0 bridgehead atoms. The lowest BCUT2D eigenvalue weighted by Crippen LogP contribution is -2.60. The normalized spacial score (nSPS) is 14.4. The van der Waals surface area contributed by atoms with Gasteiger partial charge in [0, 0.05) is 18.0 Å². The van der Waals surface area contributed by atoms with E-state index in [2.05, 4.69) is 17.2 Å². The molecule has 1 aliphatic heterocycles. The summed E-state index contributed by atoms with van der Waals surface area (Å²) in [5.74, 6) is 5.10. The highest BCUT2D eigenvalue weighted by atomic mass is 32.1. The Kier molecular flexibility index (Phi) is 4.99. The van der Waals surface area contributed by atoms with Crippen molar-refractivity contribution in [3.63, 3.8) is 0 Å². The second-order valence-electron chi connectivity index (χ2n) is 5.33. The average Bonchev–Trinajstić information content (AvgIpc) is 2.79. The zero-order valence-electron chi connectivity index (χ0n) is 12.5. The van der Waals surface area contributed by atoms with Crippen molar-refractivity contribution in [2.24, 2.45) is 0 Å². The zero-order chi connectivity index (χ0) is 15.4. The third kappa shape index (κ3) is 4.31. The molecule has 1 saturated heterocycles. The summed E-state index contributed by atoms with van der Waals surface area (Å²) in [7, 11) is 3.79. The van der Waals surface area contributed by atoms with Gasteiger partial charge in [0.05, 0.1) is 17.5 Å². The number of aryl methyl sites for hydroxylation is 1.